The number of hydrogen-bond acceptors (Lipinski definition) is 13. The summed E-state index contributed by atoms with van der Waals surface area (Å²) in [4.78, 5) is 77.5. The quantitative estimate of drug-likeness (QED) is 0.0730. The minimum absolute atomic E-state index is 0.0493. The van der Waals surface area contributed by atoms with Crippen molar-refractivity contribution in [2.75, 3.05) is 32.1 Å². The fourth-order valence-corrected chi connectivity index (χ4v) is 6.73. The number of carboxylic acid groups (broad SMARTS) is 1. The molecule has 2 aromatic heterocycles. The van der Waals surface area contributed by atoms with E-state index >= 15 is 0 Å². The molecule has 0 radical (unpaired) electrons. The second-order valence-electron chi connectivity index (χ2n) is 13.2. The number of H-pyrrole nitrogens is 1. The summed E-state index contributed by atoms with van der Waals surface area (Å²) in [6.07, 6.45) is 1.20. The molecule has 254 valence electrons. The SMILES string of the molecule is CC(C)(C)OC(=O)C(C)(C)ON=C(C(=O)N[C@@H]1C(=O)N2C(C(=O)O)=C(C[N+](C)(C)Cc3cc(=O)c(O)c[nH]3)CS[C@@H]12)c1csc(N)n1. The van der Waals surface area contributed by atoms with Crippen molar-refractivity contribution in [2.45, 2.75) is 63.8 Å². The molecule has 0 saturated carbocycles. The van der Waals surface area contributed by atoms with E-state index in [0.29, 0.717) is 17.8 Å². The van der Waals surface area contributed by atoms with E-state index in [1.54, 1.807) is 20.8 Å². The first-order valence-corrected chi connectivity index (χ1v) is 16.3. The molecule has 0 aliphatic carbocycles. The van der Waals surface area contributed by atoms with E-state index in [1.807, 2.05) is 14.1 Å². The number of carbonyl (C=O) groups excluding carboxylic acids is 3. The van der Waals surface area contributed by atoms with Gasteiger partial charge in [0.2, 0.25) is 11.0 Å². The zero-order chi connectivity index (χ0) is 35.1. The number of nitrogens with zero attached hydrogens (tertiary/aromatic N) is 4. The second kappa shape index (κ2) is 13.0. The van der Waals surface area contributed by atoms with Crippen LogP contribution < -0.4 is 16.5 Å². The van der Waals surface area contributed by atoms with Crippen LogP contribution in [-0.2, 0) is 35.3 Å². The van der Waals surface area contributed by atoms with Crippen LogP contribution in [-0.4, -0.2) is 108 Å². The molecule has 6 N–H and O–H groups in total. The van der Waals surface area contributed by atoms with Crippen molar-refractivity contribution in [3.05, 3.63) is 50.5 Å². The number of aromatic nitrogens is 2. The number of carboxylic acids is 1. The molecule has 1 saturated heterocycles. The van der Waals surface area contributed by atoms with E-state index in [4.69, 9.17) is 15.3 Å². The Balaban J connectivity index is 1.53. The largest absolute Gasteiger partial charge is 0.503 e. The third kappa shape index (κ3) is 8.12. The molecule has 0 unspecified atom stereocenters. The Morgan fingerprint density at radius 3 is 2.47 bits per heavy atom. The van der Waals surface area contributed by atoms with E-state index < -0.39 is 57.5 Å². The number of quaternary nitrogens is 1. The van der Waals surface area contributed by atoms with E-state index in [-0.39, 0.29) is 39.0 Å². The van der Waals surface area contributed by atoms with Gasteiger partial charge in [-0.15, -0.1) is 23.1 Å². The maximum Gasteiger partial charge on any atom is 0.353 e. The number of hydrogen-bond donors (Lipinski definition) is 5. The number of carbonyl (C=O) groups is 4. The predicted molar refractivity (Wildman–Crippen MR) is 173 cm³/mol. The summed E-state index contributed by atoms with van der Waals surface area (Å²) in [5.41, 5.74) is 3.42. The van der Waals surface area contributed by atoms with Crippen LogP contribution in [0.25, 0.3) is 0 Å². The number of nitrogens with two attached hydrogens (primary N) is 1. The van der Waals surface area contributed by atoms with E-state index in [0.717, 1.165) is 16.2 Å². The van der Waals surface area contributed by atoms with Crippen molar-refractivity contribution >= 4 is 57.7 Å². The summed E-state index contributed by atoms with van der Waals surface area (Å²) in [6.45, 7) is 8.46. The molecule has 1 fully saturated rings. The first-order chi connectivity index (χ1) is 21.7. The van der Waals surface area contributed by atoms with E-state index in [9.17, 15) is 34.2 Å². The lowest BCUT2D eigenvalue weighted by atomic mass is 10.0. The maximum atomic E-state index is 13.5. The van der Waals surface area contributed by atoms with Crippen molar-refractivity contribution in [2.24, 2.45) is 5.16 Å². The fourth-order valence-electron chi connectivity index (χ4n) is 4.84. The van der Waals surface area contributed by atoms with Crippen LogP contribution in [0, 0.1) is 0 Å². The van der Waals surface area contributed by atoms with Gasteiger partial charge in [0.1, 0.15) is 41.5 Å². The number of oxime groups is 1. The Hall–Kier alpha value is -4.42. The van der Waals surface area contributed by atoms with Crippen molar-refractivity contribution in [1.29, 1.82) is 0 Å². The third-order valence-corrected chi connectivity index (χ3v) is 8.95. The normalized spacial score (nSPS) is 18.7. The average Bonchev–Trinajstić information content (AvgIpc) is 3.37. The number of nitrogens with one attached hydrogen (secondary N) is 2. The van der Waals surface area contributed by atoms with E-state index in [2.05, 4.69) is 20.4 Å². The number of ether oxygens (including phenoxy) is 1. The van der Waals surface area contributed by atoms with E-state index in [1.165, 1.54) is 43.3 Å². The van der Waals surface area contributed by atoms with Gasteiger partial charge in [-0.2, -0.15) is 0 Å². The minimum Gasteiger partial charge on any atom is -0.503 e. The molecule has 2 aliphatic rings. The Morgan fingerprint density at radius 1 is 1.21 bits per heavy atom. The van der Waals surface area contributed by atoms with Crippen LogP contribution >= 0.6 is 23.1 Å². The standard InChI is InChI=1S/C29H37N7O9S2/c1-28(2,3)44-26(43)29(4,5)45-34-19(16-13-47-27(30)32-16)22(39)33-20-23(40)35-21(25(41)42)14(12-46-24(20)35)10-36(6,7)11-15-8-17(37)18(38)9-31-15/h8-9,13,20,24H,10-12H2,1-7H3,(H5-,30,31,32,33,34,37,38,39,41,42)/p+1/t20-,24+/m1/s1. The number of thioether (sulfide) groups is 1. The number of aromatic hydroxyl groups is 1. The number of likely N-dealkylation sites (N-methyl/N-ethyl adjacent to an activating group) is 1. The van der Waals surface area contributed by atoms with Gasteiger partial charge >= 0.3 is 11.9 Å². The molecule has 2 aromatic rings. The van der Waals surface area contributed by atoms with Crippen molar-refractivity contribution < 1.29 is 43.4 Å². The number of rotatable bonds is 11. The highest BCUT2D eigenvalue weighted by Gasteiger charge is 2.55. The summed E-state index contributed by atoms with van der Waals surface area (Å²) < 4.78 is 5.61. The Morgan fingerprint density at radius 2 is 1.89 bits per heavy atom. The number of nitrogen functional groups attached to an aromatic ring is 1. The molecule has 2 amide bonds. The molecule has 0 bridgehead atoms. The van der Waals surface area contributed by atoms with Gasteiger partial charge in [-0.25, -0.2) is 14.6 Å². The summed E-state index contributed by atoms with van der Waals surface area (Å²) in [5.74, 6) is -3.65. The van der Waals surface area contributed by atoms with Gasteiger partial charge < -0.3 is 40.3 Å². The van der Waals surface area contributed by atoms with Gasteiger partial charge in [-0.1, -0.05) is 5.16 Å². The Bertz CT molecular complexity index is 1720. The lowest BCUT2D eigenvalue weighted by Gasteiger charge is -2.49. The van der Waals surface area contributed by atoms with Gasteiger partial charge in [-0.3, -0.25) is 19.3 Å². The highest BCUT2D eigenvalue weighted by atomic mass is 32.2. The summed E-state index contributed by atoms with van der Waals surface area (Å²) in [6, 6.07) is 0.189. The topological polar surface area (TPSA) is 227 Å². The molecular formula is C29H38N7O9S2+. The lowest BCUT2D eigenvalue weighted by Crippen LogP contribution is -2.71. The number of pyridine rings is 1. The zero-order valence-electron chi connectivity index (χ0n) is 26.9. The number of β-lactam (4-membered cyclic amide) rings is 1. The molecule has 47 heavy (non-hydrogen) atoms. The smallest absolute Gasteiger partial charge is 0.353 e. The van der Waals surface area contributed by atoms with Crippen molar-refractivity contribution in [3.8, 4) is 5.75 Å². The number of aromatic amines is 1. The molecule has 0 aromatic carbocycles. The number of amides is 2. The molecule has 4 rings (SSSR count). The summed E-state index contributed by atoms with van der Waals surface area (Å²) in [5, 5.41) is 27.1. The first kappa shape index (κ1) is 35.4. The molecular weight excluding hydrogens is 654 g/mol. The number of thiazole rings is 1. The van der Waals surface area contributed by atoms with Crippen LogP contribution in [0.3, 0.4) is 0 Å². The van der Waals surface area contributed by atoms with Gasteiger partial charge in [0.25, 0.3) is 11.8 Å². The monoisotopic (exact) mass is 692 g/mol. The van der Waals surface area contributed by atoms with Gasteiger partial charge in [0.15, 0.2) is 16.6 Å². The highest BCUT2D eigenvalue weighted by Crippen LogP contribution is 2.41. The predicted octanol–water partition coefficient (Wildman–Crippen LogP) is 0.975. The van der Waals surface area contributed by atoms with Gasteiger partial charge in [0, 0.05) is 29.0 Å². The fraction of sp³-hybridized carbons (Fsp3) is 0.483. The van der Waals surface area contributed by atoms with Gasteiger partial charge in [0.05, 0.1) is 19.8 Å². The van der Waals surface area contributed by atoms with Gasteiger partial charge in [-0.05, 0) is 34.6 Å². The summed E-state index contributed by atoms with van der Waals surface area (Å²) in [7, 11) is 3.68. The molecule has 2 atom stereocenters. The highest BCUT2D eigenvalue weighted by molar-refractivity contribution is 8.00. The number of anilines is 1. The maximum absolute atomic E-state index is 13.5. The summed E-state index contributed by atoms with van der Waals surface area (Å²) >= 11 is 2.33. The second-order valence-corrected chi connectivity index (χ2v) is 15.2. The third-order valence-electron chi connectivity index (χ3n) is 6.94. The van der Waals surface area contributed by atoms with Crippen LogP contribution in [0.15, 0.2) is 38.9 Å². The number of aliphatic carboxylic acids is 1. The van der Waals surface area contributed by atoms with Crippen LogP contribution in [0.5, 0.6) is 5.75 Å². The van der Waals surface area contributed by atoms with Crippen molar-refractivity contribution in [1.82, 2.24) is 20.2 Å². The molecule has 18 heteroatoms. The molecule has 4 heterocycles. The first-order valence-electron chi connectivity index (χ1n) is 14.3. The zero-order valence-corrected chi connectivity index (χ0v) is 28.6. The van der Waals surface area contributed by atoms with Crippen molar-refractivity contribution in [3.63, 3.8) is 0 Å². The molecule has 16 nitrogen and oxygen atoms in total. The van der Waals surface area contributed by atoms with Crippen LogP contribution in [0.2, 0.25) is 0 Å². The number of esters is 1. The molecule has 0 spiro atoms. The average molecular weight is 693 g/mol. The Kier molecular flexibility index (Phi) is 9.80. The minimum atomic E-state index is -1.59. The molecule has 2 aliphatic heterocycles. The van der Waals surface area contributed by atoms with Crippen LogP contribution in [0.1, 0.15) is 46.0 Å². The van der Waals surface area contributed by atoms with Crippen LogP contribution in [0.4, 0.5) is 5.13 Å². The Labute approximate surface area is 278 Å². The number of fused-ring (bicyclic) bond motifs is 1. The lowest BCUT2D eigenvalue weighted by molar-refractivity contribution is -0.899.